The Hall–Kier alpha value is -2.69. The highest BCUT2D eigenvalue weighted by Crippen LogP contribution is 2.55. The molecule has 246 valence electrons. The smallest absolute Gasteiger partial charge is 0.453 e. The van der Waals surface area contributed by atoms with Crippen molar-refractivity contribution in [3.05, 3.63) is 53.6 Å². The number of carbonyl (C=O) groups excluding carboxylic acids is 1. The highest BCUT2D eigenvalue weighted by atomic mass is 32.2. The summed E-state index contributed by atoms with van der Waals surface area (Å²) in [6.45, 7) is 2.18. The van der Waals surface area contributed by atoms with Gasteiger partial charge in [0.05, 0.1) is 17.3 Å². The molecule has 0 spiro atoms. The third-order valence-corrected chi connectivity index (χ3v) is 9.84. The lowest BCUT2D eigenvalue weighted by atomic mass is 9.76. The Bertz CT molecular complexity index is 1190. The maximum Gasteiger partial charge on any atom is 0.453 e. The van der Waals surface area contributed by atoms with Crippen LogP contribution < -0.4 is 4.74 Å². The summed E-state index contributed by atoms with van der Waals surface area (Å²) in [5.74, 6) is -4.86. The van der Waals surface area contributed by atoms with E-state index >= 15 is 0 Å². The summed E-state index contributed by atoms with van der Waals surface area (Å²) in [7, 11) is 0. The summed E-state index contributed by atoms with van der Waals surface area (Å²) < 4.78 is 74.8. The third kappa shape index (κ3) is 9.17. The monoisotopic (exact) mass is 646 g/mol. The second-order valence-electron chi connectivity index (χ2n) is 11.4. The molecule has 0 aliphatic carbocycles. The van der Waals surface area contributed by atoms with Crippen molar-refractivity contribution in [3.8, 4) is 17.2 Å². The molecule has 0 aromatic heterocycles. The van der Waals surface area contributed by atoms with Crippen molar-refractivity contribution >= 4 is 17.7 Å². The number of halogens is 5. The molecule has 5 nitrogen and oxygen atoms in total. The van der Waals surface area contributed by atoms with E-state index in [4.69, 9.17) is 9.47 Å². The Kier molecular flexibility index (Phi) is 13.0. The number of aromatic hydroxyl groups is 2. The van der Waals surface area contributed by atoms with Crippen LogP contribution in [0, 0.1) is 5.92 Å². The van der Waals surface area contributed by atoms with Gasteiger partial charge in [0.2, 0.25) is 0 Å². The summed E-state index contributed by atoms with van der Waals surface area (Å²) in [4.78, 5) is 12.3. The lowest BCUT2D eigenvalue weighted by molar-refractivity contribution is -0.284. The van der Waals surface area contributed by atoms with Crippen LogP contribution in [0.2, 0.25) is 0 Å². The molecular formula is C33H43F5O5S. The van der Waals surface area contributed by atoms with E-state index < -0.39 is 36.8 Å². The first-order chi connectivity index (χ1) is 20.8. The minimum atomic E-state index is -5.59. The number of esters is 1. The zero-order valence-electron chi connectivity index (χ0n) is 25.3. The van der Waals surface area contributed by atoms with Crippen molar-refractivity contribution in [1.82, 2.24) is 0 Å². The molecule has 2 N–H and O–H groups in total. The first-order valence-electron chi connectivity index (χ1n) is 15.3. The van der Waals surface area contributed by atoms with Gasteiger partial charge in [-0.25, -0.2) is 0 Å². The largest absolute Gasteiger partial charge is 0.508 e. The van der Waals surface area contributed by atoms with Gasteiger partial charge < -0.3 is 19.7 Å². The van der Waals surface area contributed by atoms with Gasteiger partial charge in [-0.05, 0) is 68.2 Å². The van der Waals surface area contributed by atoms with Crippen LogP contribution >= 0.6 is 11.8 Å². The van der Waals surface area contributed by atoms with Crippen molar-refractivity contribution in [2.45, 2.75) is 100 Å². The van der Waals surface area contributed by atoms with Crippen LogP contribution in [0.4, 0.5) is 22.0 Å². The molecule has 1 heterocycles. The van der Waals surface area contributed by atoms with Crippen molar-refractivity contribution in [3.63, 3.8) is 0 Å². The fourth-order valence-electron chi connectivity index (χ4n) is 6.01. The maximum absolute atomic E-state index is 13.3. The number of phenols is 2. The van der Waals surface area contributed by atoms with Crippen molar-refractivity contribution < 1.29 is 46.4 Å². The van der Waals surface area contributed by atoms with E-state index in [1.54, 1.807) is 43.0 Å². The number of alkyl halides is 5. The number of hydrogen-bond acceptors (Lipinski definition) is 6. The number of phenolic OH excluding ortho intramolecular Hbond substituents is 2. The fourth-order valence-corrected chi connectivity index (χ4v) is 7.09. The molecular weight excluding hydrogens is 603 g/mol. The van der Waals surface area contributed by atoms with E-state index in [0.29, 0.717) is 25.2 Å². The Morgan fingerprint density at radius 1 is 0.955 bits per heavy atom. The molecule has 0 amide bonds. The highest BCUT2D eigenvalue weighted by molar-refractivity contribution is 7.99. The Morgan fingerprint density at radius 3 is 2.20 bits per heavy atom. The second kappa shape index (κ2) is 16.0. The molecule has 3 rings (SSSR count). The SMILES string of the molecule is CCOC(=O)C(CCCCCCCCC1c2ccc(O)cc2OCC1(SC)c1ccc(O)cc1)CCCC(F)(F)C(F)(F)F. The number of unbranched alkanes of at least 4 members (excludes halogenated alkanes) is 5. The highest BCUT2D eigenvalue weighted by Gasteiger charge is 2.56. The minimum absolute atomic E-state index is 0.0624. The van der Waals surface area contributed by atoms with Crippen molar-refractivity contribution in [2.24, 2.45) is 5.92 Å². The summed E-state index contributed by atoms with van der Waals surface area (Å²) in [5, 5.41) is 19.9. The van der Waals surface area contributed by atoms with Gasteiger partial charge in [-0.1, -0.05) is 56.7 Å². The maximum atomic E-state index is 13.3. The molecule has 11 heteroatoms. The van der Waals surface area contributed by atoms with E-state index in [0.717, 1.165) is 49.7 Å². The van der Waals surface area contributed by atoms with Crippen LogP contribution in [-0.2, 0) is 14.3 Å². The average Bonchev–Trinajstić information content (AvgIpc) is 2.97. The molecule has 3 unspecified atom stereocenters. The van der Waals surface area contributed by atoms with E-state index in [2.05, 4.69) is 6.26 Å². The van der Waals surface area contributed by atoms with Crippen molar-refractivity contribution in [1.29, 1.82) is 0 Å². The molecule has 2 aromatic carbocycles. The Morgan fingerprint density at radius 2 is 1.57 bits per heavy atom. The number of benzene rings is 2. The lowest BCUT2D eigenvalue weighted by Gasteiger charge is -2.44. The van der Waals surface area contributed by atoms with Crippen LogP contribution in [0.5, 0.6) is 17.2 Å². The van der Waals surface area contributed by atoms with Crippen LogP contribution in [0.3, 0.4) is 0 Å². The van der Waals surface area contributed by atoms with Gasteiger partial charge in [0.15, 0.2) is 0 Å². The van der Waals surface area contributed by atoms with Crippen LogP contribution in [0.25, 0.3) is 0 Å². The van der Waals surface area contributed by atoms with Crippen LogP contribution in [0.15, 0.2) is 42.5 Å². The van der Waals surface area contributed by atoms with Crippen molar-refractivity contribution in [2.75, 3.05) is 19.5 Å². The van der Waals surface area contributed by atoms with E-state index in [1.807, 2.05) is 18.2 Å². The predicted octanol–water partition coefficient (Wildman–Crippen LogP) is 9.50. The second-order valence-corrected chi connectivity index (χ2v) is 12.6. The summed E-state index contributed by atoms with van der Waals surface area (Å²) in [6, 6.07) is 12.5. The van der Waals surface area contributed by atoms with Gasteiger partial charge in [0, 0.05) is 18.4 Å². The first-order valence-corrected chi connectivity index (χ1v) is 16.5. The molecule has 2 aromatic rings. The Balaban J connectivity index is 1.51. The molecule has 0 radical (unpaired) electrons. The number of ether oxygens (including phenoxy) is 2. The molecule has 1 aliphatic rings. The Labute approximate surface area is 260 Å². The van der Waals surface area contributed by atoms with Crippen LogP contribution in [-0.4, -0.2) is 47.8 Å². The summed E-state index contributed by atoms with van der Waals surface area (Å²) in [6.07, 6.45) is 1.19. The average molecular weight is 647 g/mol. The number of thioether (sulfide) groups is 1. The number of rotatable bonds is 17. The lowest BCUT2D eigenvalue weighted by Crippen LogP contribution is -2.40. The summed E-state index contributed by atoms with van der Waals surface area (Å²) >= 11 is 1.72. The fraction of sp³-hybridized carbons (Fsp3) is 0.606. The quantitative estimate of drug-likeness (QED) is 0.101. The van der Waals surface area contributed by atoms with Gasteiger partial charge >= 0.3 is 18.1 Å². The van der Waals surface area contributed by atoms with Gasteiger partial charge in [-0.2, -0.15) is 22.0 Å². The van der Waals surface area contributed by atoms with Crippen LogP contribution in [0.1, 0.15) is 94.6 Å². The van der Waals surface area contributed by atoms with E-state index in [1.165, 1.54) is 0 Å². The zero-order valence-corrected chi connectivity index (χ0v) is 26.1. The molecule has 44 heavy (non-hydrogen) atoms. The molecule has 3 atom stereocenters. The predicted molar refractivity (Wildman–Crippen MR) is 162 cm³/mol. The standard InChI is InChI=1S/C33H43F5O5S/c1-3-42-30(41)23(12-10-20-32(34,35)33(36,37)38)11-8-6-4-5-7-9-13-28-27-19-18-26(40)21-29(27)43-22-31(28,44-2)24-14-16-25(39)17-15-24/h14-19,21,23,28,39-40H,3-13,20,22H2,1-2H3. The zero-order chi connectivity index (χ0) is 32.4. The van der Waals surface area contributed by atoms with Gasteiger partial charge in [-0.15, -0.1) is 11.8 Å². The minimum Gasteiger partial charge on any atom is -0.508 e. The number of carbonyl (C=O) groups is 1. The summed E-state index contributed by atoms with van der Waals surface area (Å²) in [5.41, 5.74) is 2.10. The molecule has 0 bridgehead atoms. The third-order valence-electron chi connectivity index (χ3n) is 8.47. The van der Waals surface area contributed by atoms with Gasteiger partial charge in [-0.3, -0.25) is 4.79 Å². The van der Waals surface area contributed by atoms with E-state index in [9.17, 15) is 37.0 Å². The molecule has 1 aliphatic heterocycles. The first kappa shape index (κ1) is 35.8. The number of hydrogen-bond donors (Lipinski definition) is 2. The molecule has 0 saturated carbocycles. The van der Waals surface area contributed by atoms with Gasteiger partial charge in [0.1, 0.15) is 23.9 Å². The molecule has 0 fully saturated rings. The molecule has 0 saturated heterocycles. The normalized spacial score (nSPS) is 19.2. The van der Waals surface area contributed by atoms with E-state index in [-0.39, 0.29) is 35.2 Å². The van der Waals surface area contributed by atoms with Gasteiger partial charge in [0.25, 0.3) is 0 Å². The topological polar surface area (TPSA) is 76.0 Å². The number of fused-ring (bicyclic) bond motifs is 1.